The molecule has 1 fully saturated rings. The Morgan fingerprint density at radius 2 is 2.06 bits per heavy atom. The van der Waals surface area contributed by atoms with Crippen molar-refractivity contribution in [3.8, 4) is 0 Å². The number of aromatic nitrogens is 2. The van der Waals surface area contributed by atoms with Crippen LogP contribution in [0.4, 0.5) is 8.78 Å². The molecule has 0 spiro atoms. The molecular weight excluding hydrogens is 248 g/mol. The van der Waals surface area contributed by atoms with Crippen LogP contribution >= 0.6 is 11.6 Å². The van der Waals surface area contributed by atoms with Gasteiger partial charge in [0.2, 0.25) is 0 Å². The Morgan fingerprint density at radius 1 is 1.53 bits per heavy atom. The van der Waals surface area contributed by atoms with Crippen LogP contribution in [-0.4, -0.2) is 22.2 Å². The van der Waals surface area contributed by atoms with Crippen molar-refractivity contribution in [1.29, 1.82) is 0 Å². The number of rotatable bonds is 3. The van der Waals surface area contributed by atoms with Crippen molar-refractivity contribution >= 4 is 11.6 Å². The van der Waals surface area contributed by atoms with Gasteiger partial charge in [-0.3, -0.25) is 4.68 Å². The van der Waals surface area contributed by atoms with E-state index in [2.05, 4.69) is 5.10 Å². The average Bonchev–Trinajstić information content (AvgIpc) is 2.66. The molecular formula is C11H16ClF2N3. The fourth-order valence-electron chi connectivity index (χ4n) is 2.30. The first kappa shape index (κ1) is 12.8. The van der Waals surface area contributed by atoms with E-state index in [0.717, 1.165) is 0 Å². The lowest BCUT2D eigenvalue weighted by Crippen LogP contribution is -2.28. The summed E-state index contributed by atoms with van der Waals surface area (Å²) in [5, 5.41) is 4.50. The maximum absolute atomic E-state index is 13.6. The second-order valence-electron chi connectivity index (χ2n) is 5.00. The van der Waals surface area contributed by atoms with Gasteiger partial charge in [0, 0.05) is 25.6 Å². The van der Waals surface area contributed by atoms with Gasteiger partial charge < -0.3 is 5.73 Å². The Labute approximate surface area is 104 Å². The van der Waals surface area contributed by atoms with Crippen molar-refractivity contribution in [3.05, 3.63) is 16.4 Å². The summed E-state index contributed by atoms with van der Waals surface area (Å²) < 4.78 is 28.6. The summed E-state index contributed by atoms with van der Waals surface area (Å²) in [5.41, 5.74) is 5.30. The minimum absolute atomic E-state index is 0.0449. The van der Waals surface area contributed by atoms with E-state index in [0.29, 0.717) is 11.3 Å². The molecule has 17 heavy (non-hydrogen) atoms. The summed E-state index contributed by atoms with van der Waals surface area (Å²) in [6.07, 6.45) is -0.234. The first-order chi connectivity index (χ1) is 7.77. The van der Waals surface area contributed by atoms with Gasteiger partial charge in [-0.25, -0.2) is 8.78 Å². The monoisotopic (exact) mass is 263 g/mol. The van der Waals surface area contributed by atoms with E-state index in [1.54, 1.807) is 7.05 Å². The van der Waals surface area contributed by atoms with Gasteiger partial charge >= 0.3 is 0 Å². The van der Waals surface area contributed by atoms with E-state index in [1.807, 2.05) is 13.8 Å². The molecule has 3 nitrogen and oxygen atoms in total. The van der Waals surface area contributed by atoms with Crippen molar-refractivity contribution < 1.29 is 8.78 Å². The molecule has 1 heterocycles. The lowest BCUT2D eigenvalue weighted by molar-refractivity contribution is 0.0893. The number of alkyl halides is 2. The van der Waals surface area contributed by atoms with E-state index in [4.69, 9.17) is 17.3 Å². The van der Waals surface area contributed by atoms with E-state index in [1.165, 1.54) is 4.68 Å². The van der Waals surface area contributed by atoms with Crippen LogP contribution in [0.3, 0.4) is 0 Å². The van der Waals surface area contributed by atoms with Gasteiger partial charge in [-0.1, -0.05) is 25.4 Å². The molecule has 2 rings (SSSR count). The Hall–Kier alpha value is -0.680. The smallest absolute Gasteiger partial charge is 0.260 e. The quantitative estimate of drug-likeness (QED) is 0.910. The molecule has 0 saturated heterocycles. The second-order valence-corrected chi connectivity index (χ2v) is 5.35. The molecule has 0 amide bonds. The molecule has 0 radical (unpaired) electrons. The minimum atomic E-state index is -2.77. The molecule has 6 heteroatoms. The summed E-state index contributed by atoms with van der Waals surface area (Å²) in [5.74, 6) is -2.72. The normalized spacial score (nSPS) is 26.6. The number of hydrogen-bond donors (Lipinski definition) is 1. The third kappa shape index (κ3) is 1.59. The molecule has 1 aromatic rings. The molecule has 0 bridgehead atoms. The van der Waals surface area contributed by atoms with Crippen molar-refractivity contribution in [3.63, 3.8) is 0 Å². The van der Waals surface area contributed by atoms with E-state index in [9.17, 15) is 8.78 Å². The highest BCUT2D eigenvalue weighted by Crippen LogP contribution is 2.63. The SMILES string of the molecule is CC(C)c1nn(C)c(Cl)c1C1(CN)CC1(F)F. The van der Waals surface area contributed by atoms with Crippen molar-refractivity contribution in [2.75, 3.05) is 6.54 Å². The topological polar surface area (TPSA) is 43.8 Å². The summed E-state index contributed by atoms with van der Waals surface area (Å²) in [7, 11) is 1.66. The first-order valence-corrected chi connectivity index (χ1v) is 5.95. The largest absolute Gasteiger partial charge is 0.329 e. The maximum atomic E-state index is 13.6. The molecule has 1 aromatic heterocycles. The lowest BCUT2D eigenvalue weighted by atomic mass is 9.92. The summed E-state index contributed by atoms with van der Waals surface area (Å²) in [6.45, 7) is 3.71. The van der Waals surface area contributed by atoms with Gasteiger partial charge in [-0.2, -0.15) is 5.10 Å². The highest BCUT2D eigenvalue weighted by Gasteiger charge is 2.73. The fraction of sp³-hybridized carbons (Fsp3) is 0.727. The lowest BCUT2D eigenvalue weighted by Gasteiger charge is -2.16. The molecule has 1 saturated carbocycles. The molecule has 1 unspecified atom stereocenters. The highest BCUT2D eigenvalue weighted by molar-refractivity contribution is 6.30. The molecule has 0 aromatic carbocycles. The van der Waals surface area contributed by atoms with Crippen LogP contribution < -0.4 is 5.73 Å². The zero-order valence-electron chi connectivity index (χ0n) is 10.1. The standard InChI is InChI=1S/C11H16ClF2N3/c1-6(2)8-7(9(12)17(3)16-8)10(5-15)4-11(10,13)14/h6H,4-5,15H2,1-3H3. The van der Waals surface area contributed by atoms with Crippen molar-refractivity contribution in [2.45, 2.75) is 37.5 Å². The van der Waals surface area contributed by atoms with Crippen molar-refractivity contribution in [2.24, 2.45) is 12.8 Å². The van der Waals surface area contributed by atoms with Gasteiger partial charge in [0.1, 0.15) is 5.15 Å². The van der Waals surface area contributed by atoms with Crippen LogP contribution in [0.25, 0.3) is 0 Å². The van der Waals surface area contributed by atoms with E-state index in [-0.39, 0.29) is 24.0 Å². The van der Waals surface area contributed by atoms with E-state index < -0.39 is 11.3 Å². The number of hydrogen-bond acceptors (Lipinski definition) is 2. The first-order valence-electron chi connectivity index (χ1n) is 5.57. The third-order valence-electron chi connectivity index (χ3n) is 3.48. The maximum Gasteiger partial charge on any atom is 0.260 e. The van der Waals surface area contributed by atoms with Gasteiger partial charge in [-0.15, -0.1) is 0 Å². The van der Waals surface area contributed by atoms with Crippen LogP contribution in [0.5, 0.6) is 0 Å². The number of nitrogens with zero attached hydrogens (tertiary/aromatic N) is 2. The summed E-state index contributed by atoms with van der Waals surface area (Å²) in [6, 6.07) is 0. The van der Waals surface area contributed by atoms with Gasteiger partial charge in [0.25, 0.3) is 5.92 Å². The number of halogens is 3. The van der Waals surface area contributed by atoms with Crippen LogP contribution in [0, 0.1) is 0 Å². The summed E-state index contributed by atoms with van der Waals surface area (Å²) in [4.78, 5) is 0. The zero-order chi connectivity index (χ0) is 13.0. The zero-order valence-corrected chi connectivity index (χ0v) is 10.9. The number of nitrogens with two attached hydrogens (primary N) is 1. The molecule has 2 N–H and O–H groups in total. The summed E-state index contributed by atoms with van der Waals surface area (Å²) >= 11 is 6.10. The molecule has 96 valence electrons. The Balaban J connectivity index is 2.59. The highest BCUT2D eigenvalue weighted by atomic mass is 35.5. The Bertz CT molecular complexity index is 456. The van der Waals surface area contributed by atoms with Crippen molar-refractivity contribution in [1.82, 2.24) is 9.78 Å². The predicted molar refractivity (Wildman–Crippen MR) is 62.6 cm³/mol. The average molecular weight is 264 g/mol. The van der Waals surface area contributed by atoms with Crippen LogP contribution in [0.15, 0.2) is 0 Å². The Morgan fingerprint density at radius 3 is 2.41 bits per heavy atom. The minimum Gasteiger partial charge on any atom is -0.329 e. The molecule has 1 atom stereocenters. The fourth-order valence-corrected chi connectivity index (χ4v) is 2.61. The molecule has 0 aliphatic heterocycles. The number of aryl methyl sites for hydroxylation is 1. The molecule has 1 aliphatic rings. The Kier molecular flexibility index (Phi) is 2.74. The van der Waals surface area contributed by atoms with Crippen LogP contribution in [0.1, 0.15) is 37.4 Å². The second kappa shape index (κ2) is 3.65. The van der Waals surface area contributed by atoms with Crippen LogP contribution in [0.2, 0.25) is 5.15 Å². The van der Waals surface area contributed by atoms with Gasteiger partial charge in [-0.05, 0) is 5.92 Å². The molecule has 1 aliphatic carbocycles. The third-order valence-corrected chi connectivity index (χ3v) is 3.91. The van der Waals surface area contributed by atoms with Crippen LogP contribution in [-0.2, 0) is 12.5 Å². The predicted octanol–water partition coefficient (Wildman–Crippen LogP) is 2.43. The van der Waals surface area contributed by atoms with Gasteiger partial charge in [0.15, 0.2) is 0 Å². The van der Waals surface area contributed by atoms with E-state index >= 15 is 0 Å². The van der Waals surface area contributed by atoms with Gasteiger partial charge in [0.05, 0.1) is 11.1 Å².